The minimum absolute atomic E-state index is 0.0742. The lowest BCUT2D eigenvalue weighted by Gasteiger charge is -2.32. The first kappa shape index (κ1) is 17.0. The zero-order chi connectivity index (χ0) is 16.9. The van der Waals surface area contributed by atoms with Gasteiger partial charge in [0.25, 0.3) is 0 Å². The summed E-state index contributed by atoms with van der Waals surface area (Å²) in [6.45, 7) is 3.27. The normalized spacial score (nSPS) is 19.8. The summed E-state index contributed by atoms with van der Waals surface area (Å²) in [5, 5.41) is 23.8. The molecule has 0 radical (unpaired) electrons. The summed E-state index contributed by atoms with van der Waals surface area (Å²) in [6.07, 6.45) is 1.15. The van der Waals surface area contributed by atoms with Gasteiger partial charge in [-0.15, -0.1) is 0 Å². The zero-order valence-corrected chi connectivity index (χ0v) is 14.0. The van der Waals surface area contributed by atoms with Crippen LogP contribution in [0.1, 0.15) is 41.7 Å². The van der Waals surface area contributed by atoms with Gasteiger partial charge in [0, 0.05) is 11.6 Å². The van der Waals surface area contributed by atoms with E-state index in [0.29, 0.717) is 12.4 Å². The number of hydrogen-bond acceptors (Lipinski definition) is 4. The summed E-state index contributed by atoms with van der Waals surface area (Å²) in [6, 6.07) is 13.8. The number of hydrogen-bond donors (Lipinski definition) is 3. The predicted octanol–water partition coefficient (Wildman–Crippen LogP) is 2.72. The highest BCUT2D eigenvalue weighted by Crippen LogP contribution is 2.36. The van der Waals surface area contributed by atoms with E-state index in [9.17, 15) is 10.2 Å². The van der Waals surface area contributed by atoms with Gasteiger partial charge in [0.15, 0.2) is 0 Å². The summed E-state index contributed by atoms with van der Waals surface area (Å²) in [7, 11) is 0. The molecule has 2 atom stereocenters. The molecule has 0 saturated heterocycles. The van der Waals surface area contributed by atoms with Crippen molar-refractivity contribution < 1.29 is 14.9 Å². The summed E-state index contributed by atoms with van der Waals surface area (Å²) in [4.78, 5) is 0. The van der Waals surface area contributed by atoms with E-state index in [1.807, 2.05) is 49.4 Å². The van der Waals surface area contributed by atoms with Crippen molar-refractivity contribution in [2.75, 3.05) is 6.54 Å². The Morgan fingerprint density at radius 1 is 1.17 bits per heavy atom. The zero-order valence-electron chi connectivity index (χ0n) is 14.0. The van der Waals surface area contributed by atoms with E-state index in [4.69, 9.17) is 4.74 Å². The fourth-order valence-electron chi connectivity index (χ4n) is 3.46. The van der Waals surface area contributed by atoms with E-state index in [0.717, 1.165) is 41.6 Å². The van der Waals surface area contributed by atoms with Crippen LogP contribution in [0.2, 0.25) is 0 Å². The third kappa shape index (κ3) is 3.46. The fraction of sp³-hybridized carbons (Fsp3) is 0.400. The van der Waals surface area contributed by atoms with Gasteiger partial charge < -0.3 is 20.3 Å². The van der Waals surface area contributed by atoms with Crippen LogP contribution in [-0.4, -0.2) is 22.8 Å². The van der Waals surface area contributed by atoms with Gasteiger partial charge in [-0.05, 0) is 42.1 Å². The van der Waals surface area contributed by atoms with Gasteiger partial charge in [-0.1, -0.05) is 43.3 Å². The highest BCUT2D eigenvalue weighted by Gasteiger charge is 2.29. The maximum atomic E-state index is 10.6. The third-order valence-corrected chi connectivity index (χ3v) is 4.69. The quantitative estimate of drug-likeness (QED) is 0.763. The molecule has 4 heteroatoms. The Morgan fingerprint density at radius 3 is 2.67 bits per heavy atom. The molecule has 0 saturated carbocycles. The largest absolute Gasteiger partial charge is 0.489 e. The van der Waals surface area contributed by atoms with Crippen molar-refractivity contribution in [2.45, 2.75) is 45.1 Å². The lowest BCUT2D eigenvalue weighted by Crippen LogP contribution is -2.38. The minimum atomic E-state index is -0.540. The van der Waals surface area contributed by atoms with Crippen molar-refractivity contribution in [2.24, 2.45) is 0 Å². The van der Waals surface area contributed by atoms with Crippen molar-refractivity contribution in [3.63, 3.8) is 0 Å². The molecule has 0 aliphatic heterocycles. The van der Waals surface area contributed by atoms with E-state index < -0.39 is 6.10 Å². The number of ether oxygens (including phenoxy) is 1. The van der Waals surface area contributed by atoms with Crippen LogP contribution in [0.15, 0.2) is 42.5 Å². The molecule has 0 heterocycles. The summed E-state index contributed by atoms with van der Waals surface area (Å²) >= 11 is 0. The monoisotopic (exact) mass is 327 g/mol. The standard InChI is InChI=1S/C20H25NO3/c1-2-21-18-10-8-15-16(20(18)23)9-11-19(17(15)12-22)24-13-14-6-4-3-5-7-14/h3-7,9,11,18,20-23H,2,8,10,12-13H2,1H3. The van der Waals surface area contributed by atoms with Crippen molar-refractivity contribution in [3.05, 3.63) is 64.7 Å². The first-order chi connectivity index (χ1) is 11.7. The average Bonchev–Trinajstić information content (AvgIpc) is 2.62. The predicted molar refractivity (Wildman–Crippen MR) is 93.9 cm³/mol. The van der Waals surface area contributed by atoms with Crippen LogP contribution in [0.25, 0.3) is 0 Å². The van der Waals surface area contributed by atoms with E-state index >= 15 is 0 Å². The lowest BCUT2D eigenvalue weighted by molar-refractivity contribution is 0.115. The number of aliphatic hydroxyl groups is 2. The number of benzene rings is 2. The topological polar surface area (TPSA) is 61.7 Å². The van der Waals surface area contributed by atoms with Crippen molar-refractivity contribution in [3.8, 4) is 5.75 Å². The molecule has 1 aliphatic rings. The Bertz CT molecular complexity index is 672. The molecule has 2 aromatic carbocycles. The molecule has 0 amide bonds. The molecule has 24 heavy (non-hydrogen) atoms. The van der Waals surface area contributed by atoms with Crippen LogP contribution >= 0.6 is 0 Å². The average molecular weight is 327 g/mol. The number of rotatable bonds is 6. The van der Waals surface area contributed by atoms with E-state index in [1.165, 1.54) is 0 Å². The second-order valence-electron chi connectivity index (χ2n) is 6.19. The highest BCUT2D eigenvalue weighted by atomic mass is 16.5. The molecule has 0 spiro atoms. The van der Waals surface area contributed by atoms with E-state index in [2.05, 4.69) is 5.32 Å². The number of likely N-dealkylation sites (N-methyl/N-ethyl adjacent to an activating group) is 1. The molecule has 0 bridgehead atoms. The Morgan fingerprint density at radius 2 is 1.96 bits per heavy atom. The van der Waals surface area contributed by atoms with Crippen LogP contribution in [0, 0.1) is 0 Å². The molecule has 2 aromatic rings. The van der Waals surface area contributed by atoms with Crippen LogP contribution in [-0.2, 0) is 19.6 Å². The van der Waals surface area contributed by atoms with Gasteiger partial charge in [0.05, 0.1) is 12.7 Å². The lowest BCUT2D eigenvalue weighted by atomic mass is 9.83. The van der Waals surface area contributed by atoms with E-state index in [1.54, 1.807) is 0 Å². The van der Waals surface area contributed by atoms with Crippen molar-refractivity contribution >= 4 is 0 Å². The molecular formula is C20H25NO3. The second-order valence-corrected chi connectivity index (χ2v) is 6.19. The molecular weight excluding hydrogens is 302 g/mol. The van der Waals surface area contributed by atoms with Gasteiger partial charge in [-0.2, -0.15) is 0 Å². The molecule has 2 unspecified atom stereocenters. The number of fused-ring (bicyclic) bond motifs is 1. The maximum absolute atomic E-state index is 10.6. The summed E-state index contributed by atoms with van der Waals surface area (Å²) in [5.41, 5.74) is 3.83. The molecule has 3 rings (SSSR count). The van der Waals surface area contributed by atoms with Crippen LogP contribution in [0.4, 0.5) is 0 Å². The molecule has 3 N–H and O–H groups in total. The van der Waals surface area contributed by atoms with Gasteiger partial charge in [-0.3, -0.25) is 0 Å². The summed E-state index contributed by atoms with van der Waals surface area (Å²) in [5.74, 6) is 0.703. The smallest absolute Gasteiger partial charge is 0.125 e. The first-order valence-electron chi connectivity index (χ1n) is 8.58. The Kier molecular flexibility index (Phi) is 5.51. The van der Waals surface area contributed by atoms with Crippen LogP contribution < -0.4 is 10.1 Å². The van der Waals surface area contributed by atoms with Crippen molar-refractivity contribution in [1.82, 2.24) is 5.32 Å². The highest BCUT2D eigenvalue weighted by molar-refractivity contribution is 5.47. The Labute approximate surface area is 143 Å². The number of aliphatic hydroxyl groups excluding tert-OH is 2. The summed E-state index contributed by atoms with van der Waals surface area (Å²) < 4.78 is 5.93. The number of nitrogens with one attached hydrogen (secondary N) is 1. The third-order valence-electron chi connectivity index (χ3n) is 4.69. The first-order valence-corrected chi connectivity index (χ1v) is 8.58. The van der Waals surface area contributed by atoms with E-state index in [-0.39, 0.29) is 12.6 Å². The Hall–Kier alpha value is -1.88. The molecule has 128 valence electrons. The minimum Gasteiger partial charge on any atom is -0.489 e. The van der Waals surface area contributed by atoms with Gasteiger partial charge in [-0.25, -0.2) is 0 Å². The van der Waals surface area contributed by atoms with Crippen LogP contribution in [0.3, 0.4) is 0 Å². The SMILES string of the molecule is CCNC1CCc2c(ccc(OCc3ccccc3)c2CO)C1O. The van der Waals surface area contributed by atoms with Gasteiger partial charge in [0.2, 0.25) is 0 Å². The van der Waals surface area contributed by atoms with Crippen LogP contribution in [0.5, 0.6) is 5.75 Å². The Balaban J connectivity index is 1.83. The van der Waals surface area contributed by atoms with Gasteiger partial charge >= 0.3 is 0 Å². The van der Waals surface area contributed by atoms with Crippen molar-refractivity contribution in [1.29, 1.82) is 0 Å². The molecule has 0 aromatic heterocycles. The second kappa shape index (κ2) is 7.79. The van der Waals surface area contributed by atoms with Gasteiger partial charge in [0.1, 0.15) is 12.4 Å². The maximum Gasteiger partial charge on any atom is 0.125 e. The fourth-order valence-corrected chi connectivity index (χ4v) is 3.46. The molecule has 0 fully saturated rings. The molecule has 4 nitrogen and oxygen atoms in total. The molecule has 1 aliphatic carbocycles.